The molecule has 0 unspecified atom stereocenters. The molecule has 0 bridgehead atoms. The molecule has 1 saturated heterocycles. The Morgan fingerprint density at radius 1 is 1.00 bits per heavy atom. The monoisotopic (exact) mass is 384 g/mol. The van der Waals surface area contributed by atoms with Crippen molar-refractivity contribution in [1.82, 2.24) is 24.4 Å². The van der Waals surface area contributed by atoms with Crippen LogP contribution in [0.15, 0.2) is 55.2 Å². The van der Waals surface area contributed by atoms with Crippen molar-refractivity contribution >= 4 is 17.5 Å². The fourth-order valence-electron chi connectivity index (χ4n) is 3.94. The standard InChI is InChI=1S/C23H24N6/c1-3-19-15-22-24-21(16-23(29(22)25-19)27-11-5-4-6-12-27)28-13-10-20(26-28)18-9-7-8-17(2)14-18/h3,7-10,13-16H,1,4-6,11-12H2,2H3. The van der Waals surface area contributed by atoms with E-state index in [0.29, 0.717) is 0 Å². The maximum Gasteiger partial charge on any atom is 0.160 e. The fourth-order valence-corrected chi connectivity index (χ4v) is 3.94. The largest absolute Gasteiger partial charge is 0.356 e. The Morgan fingerprint density at radius 2 is 1.86 bits per heavy atom. The molecule has 1 aromatic carbocycles. The minimum absolute atomic E-state index is 0.799. The number of hydrogen-bond acceptors (Lipinski definition) is 4. The van der Waals surface area contributed by atoms with E-state index in [0.717, 1.165) is 47.3 Å². The number of nitrogens with zero attached hydrogens (tertiary/aromatic N) is 6. The van der Waals surface area contributed by atoms with Crippen LogP contribution in [0.3, 0.4) is 0 Å². The molecule has 0 saturated carbocycles. The maximum atomic E-state index is 4.82. The molecule has 4 heterocycles. The van der Waals surface area contributed by atoms with E-state index < -0.39 is 0 Å². The Kier molecular flexibility index (Phi) is 4.39. The van der Waals surface area contributed by atoms with Gasteiger partial charge in [0.05, 0.1) is 11.4 Å². The third kappa shape index (κ3) is 3.31. The maximum absolute atomic E-state index is 4.82. The normalized spacial score (nSPS) is 14.4. The van der Waals surface area contributed by atoms with Crippen LogP contribution in [0.4, 0.5) is 5.82 Å². The molecular formula is C23H24N6. The topological polar surface area (TPSA) is 51.2 Å². The molecule has 6 nitrogen and oxygen atoms in total. The van der Waals surface area contributed by atoms with Crippen molar-refractivity contribution in [3.05, 3.63) is 66.5 Å². The molecule has 1 fully saturated rings. The lowest BCUT2D eigenvalue weighted by Crippen LogP contribution is -2.31. The van der Waals surface area contributed by atoms with Crippen LogP contribution in [0.25, 0.3) is 28.8 Å². The van der Waals surface area contributed by atoms with E-state index in [1.54, 1.807) is 6.08 Å². The molecule has 1 aliphatic heterocycles. The number of fused-ring (bicyclic) bond motifs is 1. The summed E-state index contributed by atoms with van der Waals surface area (Å²) >= 11 is 0. The summed E-state index contributed by atoms with van der Waals surface area (Å²) in [7, 11) is 0. The zero-order chi connectivity index (χ0) is 19.8. The summed E-state index contributed by atoms with van der Waals surface area (Å²) in [5.74, 6) is 1.86. The third-order valence-corrected chi connectivity index (χ3v) is 5.44. The molecule has 29 heavy (non-hydrogen) atoms. The van der Waals surface area contributed by atoms with E-state index in [9.17, 15) is 0 Å². The molecule has 0 amide bonds. The Labute approximate surface area is 170 Å². The SMILES string of the molecule is C=Cc1cc2nc(-n3ccc(-c4cccc(C)c4)n3)cc(N3CCCCC3)n2n1. The van der Waals surface area contributed by atoms with Crippen LogP contribution in [0.5, 0.6) is 0 Å². The molecule has 0 atom stereocenters. The van der Waals surface area contributed by atoms with Crippen molar-refractivity contribution in [2.24, 2.45) is 0 Å². The third-order valence-electron chi connectivity index (χ3n) is 5.44. The highest BCUT2D eigenvalue weighted by molar-refractivity contribution is 5.61. The predicted molar refractivity (Wildman–Crippen MR) is 116 cm³/mol. The number of aromatic nitrogens is 5. The summed E-state index contributed by atoms with van der Waals surface area (Å²) < 4.78 is 3.78. The van der Waals surface area contributed by atoms with Gasteiger partial charge in [-0.25, -0.2) is 9.67 Å². The first-order valence-electron chi connectivity index (χ1n) is 10.1. The lowest BCUT2D eigenvalue weighted by molar-refractivity contribution is 0.568. The van der Waals surface area contributed by atoms with Gasteiger partial charge < -0.3 is 4.90 Å². The number of hydrogen-bond donors (Lipinski definition) is 0. The molecule has 3 aromatic heterocycles. The lowest BCUT2D eigenvalue weighted by atomic mass is 10.1. The van der Waals surface area contributed by atoms with Gasteiger partial charge in [0, 0.05) is 37.0 Å². The molecule has 0 aliphatic carbocycles. The first-order valence-corrected chi connectivity index (χ1v) is 10.1. The molecule has 6 heteroatoms. The van der Waals surface area contributed by atoms with Crippen molar-refractivity contribution in [2.45, 2.75) is 26.2 Å². The van der Waals surface area contributed by atoms with E-state index in [1.807, 2.05) is 27.5 Å². The molecule has 146 valence electrons. The number of rotatable bonds is 4. The van der Waals surface area contributed by atoms with Gasteiger partial charge in [-0.3, -0.25) is 0 Å². The highest BCUT2D eigenvalue weighted by Crippen LogP contribution is 2.25. The summed E-state index contributed by atoms with van der Waals surface area (Å²) in [5, 5.41) is 9.47. The van der Waals surface area contributed by atoms with Gasteiger partial charge in [0.15, 0.2) is 11.5 Å². The van der Waals surface area contributed by atoms with Gasteiger partial charge in [0.2, 0.25) is 0 Å². The van der Waals surface area contributed by atoms with Gasteiger partial charge in [-0.15, -0.1) is 0 Å². The van der Waals surface area contributed by atoms with Crippen LogP contribution < -0.4 is 4.90 Å². The molecule has 0 spiro atoms. The zero-order valence-corrected chi connectivity index (χ0v) is 16.6. The van der Waals surface area contributed by atoms with Crippen molar-refractivity contribution in [1.29, 1.82) is 0 Å². The molecule has 5 rings (SSSR count). The van der Waals surface area contributed by atoms with Gasteiger partial charge in [0.25, 0.3) is 0 Å². The van der Waals surface area contributed by atoms with Crippen LogP contribution in [0, 0.1) is 6.92 Å². The van der Waals surface area contributed by atoms with Crippen LogP contribution in [0.1, 0.15) is 30.5 Å². The van der Waals surface area contributed by atoms with Crippen molar-refractivity contribution in [3.8, 4) is 17.1 Å². The lowest BCUT2D eigenvalue weighted by Gasteiger charge is -2.29. The summed E-state index contributed by atoms with van der Waals surface area (Å²) in [4.78, 5) is 7.22. The number of benzene rings is 1. The Balaban J connectivity index is 1.60. The van der Waals surface area contributed by atoms with Gasteiger partial charge >= 0.3 is 0 Å². The summed E-state index contributed by atoms with van der Waals surface area (Å²) in [6, 6.07) is 14.5. The second-order valence-corrected chi connectivity index (χ2v) is 7.58. The molecular weight excluding hydrogens is 360 g/mol. The van der Waals surface area contributed by atoms with Crippen LogP contribution >= 0.6 is 0 Å². The van der Waals surface area contributed by atoms with Gasteiger partial charge in [-0.2, -0.15) is 14.7 Å². The van der Waals surface area contributed by atoms with Crippen LogP contribution in [-0.2, 0) is 0 Å². The average molecular weight is 384 g/mol. The van der Waals surface area contributed by atoms with Gasteiger partial charge in [0.1, 0.15) is 5.82 Å². The smallest absolute Gasteiger partial charge is 0.160 e. The van der Waals surface area contributed by atoms with Crippen molar-refractivity contribution in [2.75, 3.05) is 18.0 Å². The number of anilines is 1. The molecule has 0 radical (unpaired) electrons. The van der Waals surface area contributed by atoms with E-state index in [-0.39, 0.29) is 0 Å². The summed E-state index contributed by atoms with van der Waals surface area (Å²) in [6.45, 7) is 8.03. The van der Waals surface area contributed by atoms with Crippen molar-refractivity contribution < 1.29 is 0 Å². The van der Waals surface area contributed by atoms with Gasteiger partial charge in [-0.1, -0.05) is 30.3 Å². The second-order valence-electron chi connectivity index (χ2n) is 7.58. The highest BCUT2D eigenvalue weighted by atomic mass is 15.4. The average Bonchev–Trinajstić information content (AvgIpc) is 3.41. The Bertz CT molecular complexity index is 1180. The molecule has 1 aliphatic rings. The zero-order valence-electron chi connectivity index (χ0n) is 16.6. The quantitative estimate of drug-likeness (QED) is 0.519. The number of piperidine rings is 1. The fraction of sp³-hybridized carbons (Fsp3) is 0.261. The van der Waals surface area contributed by atoms with E-state index in [4.69, 9.17) is 10.1 Å². The van der Waals surface area contributed by atoms with E-state index >= 15 is 0 Å². The van der Waals surface area contributed by atoms with E-state index in [1.165, 1.54) is 24.8 Å². The van der Waals surface area contributed by atoms with Crippen molar-refractivity contribution in [3.63, 3.8) is 0 Å². The minimum atomic E-state index is 0.799. The Morgan fingerprint density at radius 3 is 2.66 bits per heavy atom. The first kappa shape index (κ1) is 17.7. The predicted octanol–water partition coefficient (Wildman–Crippen LogP) is 4.52. The molecule has 0 N–H and O–H groups in total. The van der Waals surface area contributed by atoms with E-state index in [2.05, 4.69) is 53.8 Å². The Hall–Kier alpha value is -3.41. The summed E-state index contributed by atoms with van der Waals surface area (Å²) in [5.41, 5.74) is 4.91. The number of aryl methyl sites for hydroxylation is 1. The molecule has 4 aromatic rings. The first-order chi connectivity index (χ1) is 14.2. The van der Waals surface area contributed by atoms with Crippen LogP contribution in [-0.4, -0.2) is 37.5 Å². The second kappa shape index (κ2) is 7.20. The minimum Gasteiger partial charge on any atom is -0.356 e. The summed E-state index contributed by atoms with van der Waals surface area (Å²) in [6.07, 6.45) is 7.43. The highest BCUT2D eigenvalue weighted by Gasteiger charge is 2.18. The van der Waals surface area contributed by atoms with Crippen LogP contribution in [0.2, 0.25) is 0 Å². The van der Waals surface area contributed by atoms with Gasteiger partial charge in [-0.05, 0) is 44.4 Å².